The van der Waals surface area contributed by atoms with E-state index in [0.717, 1.165) is 0 Å². The van der Waals surface area contributed by atoms with Crippen molar-refractivity contribution in [3.05, 3.63) is 91.0 Å². The molecule has 0 radical (unpaired) electrons. The van der Waals surface area contributed by atoms with Crippen LogP contribution in [0.2, 0.25) is 0 Å². The number of carbonyl (C=O) groups is 1. The third-order valence-electron chi connectivity index (χ3n) is 4.53. The van der Waals surface area contributed by atoms with Gasteiger partial charge in [-0.1, -0.05) is 54.6 Å². The van der Waals surface area contributed by atoms with E-state index in [2.05, 4.69) is 16.0 Å². The number of nitrogens with one attached hydrogen (secondary N) is 3. The third-order valence-corrected chi connectivity index (χ3v) is 4.53. The molecule has 0 heterocycles. The van der Waals surface area contributed by atoms with E-state index in [1.54, 1.807) is 72.8 Å². The molecule has 0 saturated heterocycles. The van der Waals surface area contributed by atoms with Crippen molar-refractivity contribution in [1.82, 2.24) is 0 Å². The maximum absolute atomic E-state index is 16.6. The summed E-state index contributed by atoms with van der Waals surface area (Å²) in [6.07, 6.45) is 0. The molecule has 0 aromatic heterocycles. The van der Waals surface area contributed by atoms with Gasteiger partial charge in [0.2, 0.25) is 5.91 Å². The van der Waals surface area contributed by atoms with Gasteiger partial charge < -0.3 is 21.7 Å². The average Bonchev–Trinajstić information content (AvgIpc) is 2.70. The lowest BCUT2D eigenvalue weighted by Crippen LogP contribution is -2.69. The van der Waals surface area contributed by atoms with Crippen molar-refractivity contribution in [2.75, 3.05) is 16.0 Å². The molecule has 0 aliphatic heterocycles. The third kappa shape index (κ3) is 4.06. The summed E-state index contributed by atoms with van der Waals surface area (Å²) in [5.74, 6) is -3.30. The highest BCUT2D eigenvalue weighted by Gasteiger charge is 2.54. The maximum atomic E-state index is 16.6. The summed E-state index contributed by atoms with van der Waals surface area (Å²) in [6, 6.07) is 26.5. The lowest BCUT2D eigenvalue weighted by molar-refractivity contribution is -0.125. The van der Waals surface area contributed by atoms with E-state index >= 15 is 4.39 Å². The van der Waals surface area contributed by atoms with Gasteiger partial charge in [-0.3, -0.25) is 4.79 Å². The standard InChI is InChI=1S/C22H23FN4O/c1-21(20(24)28,25-17-11-5-2-6-12-17)22(23,26-18-13-7-3-8-14-18)27-19-15-9-4-10-16-19/h2-16,25-27H,1H3,(H2,24,28). The molecule has 3 rings (SSSR count). The van der Waals surface area contributed by atoms with Crippen molar-refractivity contribution in [3.63, 3.8) is 0 Å². The fraction of sp³-hybridized carbons (Fsp3) is 0.136. The van der Waals surface area contributed by atoms with E-state index < -0.39 is 17.4 Å². The number of hydrogen-bond acceptors (Lipinski definition) is 4. The van der Waals surface area contributed by atoms with Gasteiger partial charge in [0.05, 0.1) is 0 Å². The summed E-state index contributed by atoms with van der Waals surface area (Å²) in [5, 5.41) is 8.57. The SMILES string of the molecule is CC(Nc1ccccc1)(C(N)=O)C(F)(Nc1ccccc1)Nc1ccccc1. The van der Waals surface area contributed by atoms with E-state index in [9.17, 15) is 4.79 Å². The maximum Gasteiger partial charge on any atom is 0.287 e. The largest absolute Gasteiger partial charge is 0.367 e. The number of nitrogens with two attached hydrogens (primary N) is 1. The number of rotatable bonds is 8. The highest BCUT2D eigenvalue weighted by atomic mass is 19.2. The van der Waals surface area contributed by atoms with Gasteiger partial charge in [-0.2, -0.15) is 4.39 Å². The van der Waals surface area contributed by atoms with Crippen LogP contribution >= 0.6 is 0 Å². The summed E-state index contributed by atoms with van der Waals surface area (Å²) < 4.78 is 16.6. The first-order chi connectivity index (χ1) is 13.4. The predicted octanol–water partition coefficient (Wildman–Crippen LogP) is 4.19. The smallest absolute Gasteiger partial charge is 0.287 e. The van der Waals surface area contributed by atoms with Gasteiger partial charge in [0, 0.05) is 17.1 Å². The molecule has 0 aliphatic carbocycles. The van der Waals surface area contributed by atoms with Gasteiger partial charge in [0.1, 0.15) is 0 Å². The highest BCUT2D eigenvalue weighted by molar-refractivity contribution is 5.90. The van der Waals surface area contributed by atoms with Crippen molar-refractivity contribution < 1.29 is 9.18 Å². The van der Waals surface area contributed by atoms with Crippen LogP contribution in [0, 0.1) is 0 Å². The lowest BCUT2D eigenvalue weighted by Gasteiger charge is -2.43. The Kier molecular flexibility index (Phi) is 5.49. The molecule has 0 fully saturated rings. The van der Waals surface area contributed by atoms with Crippen LogP contribution in [0.25, 0.3) is 0 Å². The number of amides is 1. The van der Waals surface area contributed by atoms with Crippen LogP contribution in [-0.2, 0) is 4.79 Å². The summed E-state index contributed by atoms with van der Waals surface area (Å²) in [5.41, 5.74) is 5.41. The van der Waals surface area contributed by atoms with E-state index in [1.807, 2.05) is 18.2 Å². The number of benzene rings is 3. The minimum absolute atomic E-state index is 0.496. The lowest BCUT2D eigenvalue weighted by atomic mass is 9.93. The molecule has 0 aliphatic rings. The Labute approximate surface area is 163 Å². The van der Waals surface area contributed by atoms with Gasteiger partial charge in [-0.15, -0.1) is 0 Å². The predicted molar refractivity (Wildman–Crippen MR) is 112 cm³/mol. The fourth-order valence-corrected chi connectivity index (χ4v) is 2.85. The van der Waals surface area contributed by atoms with Crippen molar-refractivity contribution in [1.29, 1.82) is 0 Å². The Balaban J connectivity index is 2.04. The van der Waals surface area contributed by atoms with Crippen molar-refractivity contribution in [3.8, 4) is 0 Å². The molecule has 3 aromatic rings. The second-order valence-electron chi connectivity index (χ2n) is 6.62. The molecule has 5 nitrogen and oxygen atoms in total. The monoisotopic (exact) mass is 378 g/mol. The van der Waals surface area contributed by atoms with E-state index in [-0.39, 0.29) is 0 Å². The molecule has 0 spiro atoms. The van der Waals surface area contributed by atoms with Gasteiger partial charge in [-0.25, -0.2) is 0 Å². The number of carbonyl (C=O) groups excluding carboxylic acids is 1. The molecule has 1 atom stereocenters. The number of anilines is 3. The molecule has 5 N–H and O–H groups in total. The Morgan fingerprint density at radius 2 is 1.04 bits per heavy atom. The van der Waals surface area contributed by atoms with Gasteiger partial charge >= 0.3 is 0 Å². The number of halogens is 1. The number of para-hydroxylation sites is 3. The summed E-state index contributed by atoms with van der Waals surface area (Å²) >= 11 is 0. The summed E-state index contributed by atoms with van der Waals surface area (Å²) in [4.78, 5) is 12.5. The second-order valence-corrected chi connectivity index (χ2v) is 6.62. The van der Waals surface area contributed by atoms with Crippen molar-refractivity contribution in [2.45, 2.75) is 18.4 Å². The van der Waals surface area contributed by atoms with Gasteiger partial charge in [0.15, 0.2) is 5.54 Å². The Bertz CT molecular complexity index is 864. The average molecular weight is 378 g/mol. The van der Waals surface area contributed by atoms with E-state index in [0.29, 0.717) is 17.1 Å². The number of hydrogen-bond donors (Lipinski definition) is 4. The van der Waals surface area contributed by atoms with E-state index in [4.69, 9.17) is 5.73 Å². The molecular weight excluding hydrogens is 355 g/mol. The van der Waals surface area contributed by atoms with E-state index in [1.165, 1.54) is 6.92 Å². The normalized spacial score (nSPS) is 13.2. The Hall–Kier alpha value is -3.54. The van der Waals surface area contributed by atoms with Crippen LogP contribution in [0.3, 0.4) is 0 Å². The first-order valence-corrected chi connectivity index (χ1v) is 8.91. The zero-order chi connectivity index (χ0) is 20.0. The molecule has 3 aromatic carbocycles. The van der Waals surface area contributed by atoms with Gasteiger partial charge in [0.25, 0.3) is 5.92 Å². The highest BCUT2D eigenvalue weighted by Crippen LogP contribution is 2.33. The van der Waals surface area contributed by atoms with Crippen LogP contribution in [-0.4, -0.2) is 17.4 Å². The molecule has 1 unspecified atom stereocenters. The summed E-state index contributed by atoms with van der Waals surface area (Å²) in [6.45, 7) is 1.42. The molecule has 0 bridgehead atoms. The minimum atomic E-state index is -2.45. The zero-order valence-corrected chi connectivity index (χ0v) is 15.5. The molecule has 6 heteroatoms. The van der Waals surface area contributed by atoms with Crippen LogP contribution < -0.4 is 21.7 Å². The zero-order valence-electron chi connectivity index (χ0n) is 15.5. The topological polar surface area (TPSA) is 79.2 Å². The number of primary amides is 1. The van der Waals surface area contributed by atoms with Crippen LogP contribution in [0.5, 0.6) is 0 Å². The second kappa shape index (κ2) is 8.00. The van der Waals surface area contributed by atoms with Crippen LogP contribution in [0.4, 0.5) is 21.5 Å². The molecule has 28 heavy (non-hydrogen) atoms. The van der Waals surface area contributed by atoms with Crippen LogP contribution in [0.1, 0.15) is 6.92 Å². The number of alkyl halides is 1. The molecule has 1 amide bonds. The quantitative estimate of drug-likeness (QED) is 0.350. The van der Waals surface area contributed by atoms with Crippen LogP contribution in [0.15, 0.2) is 91.0 Å². The first kappa shape index (κ1) is 19.2. The van der Waals surface area contributed by atoms with Gasteiger partial charge in [-0.05, 0) is 43.3 Å². The summed E-state index contributed by atoms with van der Waals surface area (Å²) in [7, 11) is 0. The minimum Gasteiger partial charge on any atom is -0.367 e. The molecule has 0 saturated carbocycles. The Morgan fingerprint density at radius 3 is 1.36 bits per heavy atom. The fourth-order valence-electron chi connectivity index (χ4n) is 2.85. The molecule has 144 valence electrons. The van der Waals surface area contributed by atoms with Crippen molar-refractivity contribution >= 4 is 23.0 Å². The van der Waals surface area contributed by atoms with Crippen molar-refractivity contribution in [2.24, 2.45) is 5.73 Å². The molecular formula is C22H23FN4O. The first-order valence-electron chi connectivity index (χ1n) is 8.91. The Morgan fingerprint density at radius 1 is 0.714 bits per heavy atom.